The third-order valence-electron chi connectivity index (χ3n) is 5.62. The van der Waals surface area contributed by atoms with Crippen molar-refractivity contribution in [3.05, 3.63) is 104 Å². The topological polar surface area (TPSA) is 112 Å². The molecule has 3 N–H and O–H groups in total. The largest absolute Gasteiger partial charge is 0.494 e. The van der Waals surface area contributed by atoms with E-state index in [0.717, 1.165) is 44.7 Å². The van der Waals surface area contributed by atoms with Crippen LogP contribution in [0.5, 0.6) is 11.5 Å². The zero-order valence-corrected chi connectivity index (χ0v) is 19.9. The number of nitrogens with one attached hydrogen (secondary N) is 1. The molecule has 0 saturated carbocycles. The number of nitrogens with zero attached hydrogens (tertiary/aromatic N) is 1. The lowest BCUT2D eigenvalue weighted by Gasteiger charge is -2.15. The summed E-state index contributed by atoms with van der Waals surface area (Å²) in [5.74, 6) is 0.798. The highest BCUT2D eigenvalue weighted by atomic mass is 16.5. The summed E-state index contributed by atoms with van der Waals surface area (Å²) in [5, 5.41) is 0. The molecule has 0 saturated heterocycles. The van der Waals surface area contributed by atoms with Crippen LogP contribution in [0.25, 0.3) is 11.1 Å². The lowest BCUT2D eigenvalue weighted by molar-refractivity contribution is 0.258. The van der Waals surface area contributed by atoms with Crippen molar-refractivity contribution < 1.29 is 14.0 Å². The zero-order valence-electron chi connectivity index (χ0n) is 19.9. The Balaban J connectivity index is 1.42. The van der Waals surface area contributed by atoms with E-state index in [1.54, 1.807) is 0 Å². The second-order valence-corrected chi connectivity index (χ2v) is 8.40. The first-order valence-electron chi connectivity index (χ1n) is 11.5. The van der Waals surface area contributed by atoms with Gasteiger partial charge in [0, 0.05) is 0 Å². The molecule has 8 heteroatoms. The van der Waals surface area contributed by atoms with Crippen molar-refractivity contribution in [3.63, 3.8) is 0 Å². The predicted molar refractivity (Wildman–Crippen MR) is 134 cm³/mol. The molecule has 0 amide bonds. The minimum absolute atomic E-state index is 0.162. The maximum atomic E-state index is 11.6. The lowest BCUT2D eigenvalue weighted by Crippen LogP contribution is -2.17. The molecule has 0 radical (unpaired) electrons. The smallest absolute Gasteiger partial charge is 0.440 e. The monoisotopic (exact) mass is 475 g/mol. The number of nitrogens with two attached hydrogens (primary N) is 1. The van der Waals surface area contributed by atoms with E-state index in [4.69, 9.17) is 19.7 Å². The maximum absolute atomic E-state index is 11.6. The van der Waals surface area contributed by atoms with Crippen molar-refractivity contribution in [1.82, 2.24) is 9.72 Å². The number of ether oxygens (including phenoxy) is 2. The van der Waals surface area contributed by atoms with Gasteiger partial charge in [-0.1, -0.05) is 30.3 Å². The minimum atomic E-state index is -0.769. The molecule has 0 aliphatic heterocycles. The molecule has 35 heavy (non-hydrogen) atoms. The molecule has 0 aliphatic carbocycles. The molecule has 1 aromatic heterocycles. The van der Waals surface area contributed by atoms with Crippen LogP contribution in [0.15, 0.2) is 74.8 Å². The van der Waals surface area contributed by atoms with Gasteiger partial charge < -0.3 is 19.7 Å². The van der Waals surface area contributed by atoms with Crippen LogP contribution in [0, 0.1) is 13.8 Å². The average molecular weight is 476 g/mol. The fourth-order valence-corrected chi connectivity index (χ4v) is 3.99. The Kier molecular flexibility index (Phi) is 7.52. The first-order valence-corrected chi connectivity index (χ1v) is 11.5. The van der Waals surface area contributed by atoms with Crippen LogP contribution in [0.2, 0.25) is 0 Å². The van der Waals surface area contributed by atoms with Crippen LogP contribution in [0.3, 0.4) is 0 Å². The number of aromatic amines is 1. The van der Waals surface area contributed by atoms with Crippen molar-refractivity contribution in [3.8, 4) is 22.6 Å². The highest BCUT2D eigenvalue weighted by Crippen LogP contribution is 2.31. The Bertz CT molecular complexity index is 1380. The summed E-state index contributed by atoms with van der Waals surface area (Å²) in [5.41, 5.74) is 11.5. The molecule has 3 aromatic carbocycles. The first-order chi connectivity index (χ1) is 16.9. The Morgan fingerprint density at radius 1 is 0.914 bits per heavy atom. The van der Waals surface area contributed by atoms with Crippen LogP contribution >= 0.6 is 0 Å². The maximum Gasteiger partial charge on any atom is 0.440 e. The van der Waals surface area contributed by atoms with Crippen LogP contribution in [0.4, 0.5) is 0 Å². The van der Waals surface area contributed by atoms with Gasteiger partial charge in [0.25, 0.3) is 0 Å². The normalized spacial score (nSPS) is 10.9. The average Bonchev–Trinajstić information content (AvgIpc) is 3.15. The van der Waals surface area contributed by atoms with Crippen molar-refractivity contribution in [1.29, 1.82) is 0 Å². The van der Waals surface area contributed by atoms with E-state index >= 15 is 0 Å². The van der Waals surface area contributed by atoms with Gasteiger partial charge in [-0.3, -0.25) is 0 Å². The molecule has 0 aliphatic rings. The van der Waals surface area contributed by atoms with Crippen molar-refractivity contribution in [2.75, 3.05) is 13.2 Å². The number of rotatable bonds is 10. The molecule has 4 aromatic rings. The van der Waals surface area contributed by atoms with E-state index in [1.165, 1.54) is 5.56 Å². The van der Waals surface area contributed by atoms with E-state index in [0.29, 0.717) is 25.5 Å². The molecular formula is C27H29N3O5. The van der Waals surface area contributed by atoms with Crippen LogP contribution in [0.1, 0.15) is 28.7 Å². The zero-order chi connectivity index (χ0) is 24.8. The van der Waals surface area contributed by atoms with Gasteiger partial charge >= 0.3 is 11.4 Å². The molecule has 182 valence electrons. The van der Waals surface area contributed by atoms with E-state index in [2.05, 4.69) is 43.1 Å². The quantitative estimate of drug-likeness (QED) is 0.338. The highest BCUT2D eigenvalue weighted by Gasteiger charge is 2.10. The minimum Gasteiger partial charge on any atom is -0.494 e. The number of benzene rings is 3. The highest BCUT2D eigenvalue weighted by molar-refractivity contribution is 5.72. The molecule has 0 unspecified atom stereocenters. The number of aromatic nitrogens is 2. The number of hydrogen-bond acceptors (Lipinski definition) is 6. The standard InChI is InChI=1S/C27H29N3O5/c1-18-13-24(33-12-4-11-28)14-19(2)25(18)22-6-3-5-21(15-22)17-34-23-9-7-20(8-10-23)16-30-26(31)29-27(32)35-30/h3,5-10,13-15H,4,11-12,16-17,28H2,1-2H3,(H,29,31,32). The van der Waals surface area contributed by atoms with Gasteiger partial charge in [0.2, 0.25) is 0 Å². The molecule has 1 heterocycles. The molecule has 0 spiro atoms. The Morgan fingerprint density at radius 3 is 2.31 bits per heavy atom. The van der Waals surface area contributed by atoms with Crippen molar-refractivity contribution >= 4 is 0 Å². The summed E-state index contributed by atoms with van der Waals surface area (Å²) < 4.78 is 17.6. The van der Waals surface area contributed by atoms with E-state index in [1.807, 2.05) is 36.4 Å². The summed E-state index contributed by atoms with van der Waals surface area (Å²) in [6, 6.07) is 19.7. The third-order valence-corrected chi connectivity index (χ3v) is 5.62. The molecule has 0 fully saturated rings. The summed E-state index contributed by atoms with van der Waals surface area (Å²) in [4.78, 5) is 24.8. The second-order valence-electron chi connectivity index (χ2n) is 8.40. The molecule has 0 atom stereocenters. The van der Waals surface area contributed by atoms with Gasteiger partial charge in [0.15, 0.2) is 0 Å². The second kappa shape index (κ2) is 10.9. The van der Waals surface area contributed by atoms with Gasteiger partial charge in [0.1, 0.15) is 18.1 Å². The lowest BCUT2D eigenvalue weighted by atomic mass is 9.94. The summed E-state index contributed by atoms with van der Waals surface area (Å²) >= 11 is 0. The Morgan fingerprint density at radius 2 is 1.66 bits per heavy atom. The SMILES string of the molecule is Cc1cc(OCCCN)cc(C)c1-c1cccc(COc2ccc(Cn3oc(=O)[nH]c3=O)cc2)c1. The van der Waals surface area contributed by atoms with Gasteiger partial charge in [-0.05, 0) is 90.5 Å². The molecule has 0 bridgehead atoms. The summed E-state index contributed by atoms with van der Waals surface area (Å²) in [6.07, 6.45) is 0.829. The third kappa shape index (κ3) is 6.10. The fraction of sp³-hybridized carbons (Fsp3) is 0.259. The van der Waals surface area contributed by atoms with Crippen LogP contribution in [-0.4, -0.2) is 22.9 Å². The number of hydrogen-bond donors (Lipinski definition) is 2. The number of aryl methyl sites for hydroxylation is 2. The summed E-state index contributed by atoms with van der Waals surface area (Å²) in [6.45, 7) is 5.99. The molecule has 8 nitrogen and oxygen atoms in total. The van der Waals surface area contributed by atoms with Gasteiger partial charge in [-0.2, -0.15) is 0 Å². The first kappa shape index (κ1) is 24.1. The Hall–Kier alpha value is -4.04. The fourth-order valence-electron chi connectivity index (χ4n) is 3.99. The van der Waals surface area contributed by atoms with Gasteiger partial charge in [-0.15, -0.1) is 4.74 Å². The molecular weight excluding hydrogens is 446 g/mol. The predicted octanol–water partition coefficient (Wildman–Crippen LogP) is 3.77. The Labute approximate surface area is 202 Å². The van der Waals surface area contributed by atoms with Gasteiger partial charge in [-0.25, -0.2) is 14.6 Å². The van der Waals surface area contributed by atoms with Crippen molar-refractivity contribution in [2.45, 2.75) is 33.4 Å². The van der Waals surface area contributed by atoms with Crippen molar-refractivity contribution in [2.24, 2.45) is 5.73 Å². The van der Waals surface area contributed by atoms with Crippen LogP contribution in [-0.2, 0) is 13.2 Å². The van der Waals surface area contributed by atoms with Gasteiger partial charge in [0.05, 0.1) is 13.2 Å². The number of H-pyrrole nitrogens is 1. The van der Waals surface area contributed by atoms with E-state index < -0.39 is 11.4 Å². The van der Waals surface area contributed by atoms with E-state index in [9.17, 15) is 9.59 Å². The molecule has 4 rings (SSSR count). The van der Waals surface area contributed by atoms with Crippen LogP contribution < -0.4 is 26.7 Å². The van der Waals surface area contributed by atoms with E-state index in [-0.39, 0.29) is 6.54 Å². The summed E-state index contributed by atoms with van der Waals surface area (Å²) in [7, 11) is 0.